The third-order valence-corrected chi connectivity index (χ3v) is 4.12. The van der Waals surface area contributed by atoms with Gasteiger partial charge in [0, 0.05) is 18.0 Å². The molecule has 0 bridgehead atoms. The normalized spacial score (nSPS) is 14.7. The number of nitrogens with zero attached hydrogens (tertiary/aromatic N) is 1. The summed E-state index contributed by atoms with van der Waals surface area (Å²) >= 11 is 6.14. The number of aromatic nitrogens is 1. The first-order chi connectivity index (χ1) is 11.1. The predicted molar refractivity (Wildman–Crippen MR) is 90.4 cm³/mol. The number of carbonyl (C=O) groups excluding carboxylic acids is 1. The molecule has 0 radical (unpaired) electrons. The Balaban J connectivity index is 1.73. The van der Waals surface area contributed by atoms with Crippen LogP contribution in [0.5, 0.6) is 5.75 Å². The van der Waals surface area contributed by atoms with Gasteiger partial charge in [-0.15, -0.1) is 0 Å². The molecule has 2 aromatic rings. The molecule has 0 saturated heterocycles. The van der Waals surface area contributed by atoms with Gasteiger partial charge in [-0.25, -0.2) is 4.98 Å². The number of benzene rings is 1. The van der Waals surface area contributed by atoms with Crippen molar-refractivity contribution in [3.8, 4) is 5.75 Å². The summed E-state index contributed by atoms with van der Waals surface area (Å²) in [6.45, 7) is 0. The standard InChI is InChI=1S/C17H18ClN3O2/c18-15-8-11(16(19)22)10-20-17(15)21-12-4-3-7-14(9-12)23-13-5-1-2-6-13/h3-4,7-10,13H,1-2,5-6H2,(H2,19,22)(H,20,21). The van der Waals surface area contributed by atoms with Crippen molar-refractivity contribution in [2.75, 3.05) is 5.32 Å². The van der Waals surface area contributed by atoms with E-state index in [9.17, 15) is 4.79 Å². The first-order valence-corrected chi connectivity index (χ1v) is 7.99. The van der Waals surface area contributed by atoms with Crippen LogP contribution < -0.4 is 15.8 Å². The van der Waals surface area contributed by atoms with Crippen LogP contribution in [-0.4, -0.2) is 17.0 Å². The molecule has 1 aliphatic rings. The topological polar surface area (TPSA) is 77.2 Å². The van der Waals surface area contributed by atoms with Gasteiger partial charge in [-0.3, -0.25) is 4.79 Å². The number of amides is 1. The molecule has 1 heterocycles. The molecule has 3 rings (SSSR count). The maximum atomic E-state index is 11.1. The second kappa shape index (κ2) is 6.87. The molecule has 1 fully saturated rings. The molecule has 1 aromatic heterocycles. The number of hydrogen-bond acceptors (Lipinski definition) is 4. The number of hydrogen-bond donors (Lipinski definition) is 2. The Labute approximate surface area is 139 Å². The smallest absolute Gasteiger partial charge is 0.250 e. The van der Waals surface area contributed by atoms with Crippen molar-refractivity contribution in [1.29, 1.82) is 0 Å². The molecule has 5 nitrogen and oxygen atoms in total. The van der Waals surface area contributed by atoms with Crippen molar-refractivity contribution >= 4 is 29.0 Å². The highest BCUT2D eigenvalue weighted by molar-refractivity contribution is 6.33. The zero-order valence-electron chi connectivity index (χ0n) is 12.6. The number of ether oxygens (including phenoxy) is 1. The maximum absolute atomic E-state index is 11.1. The highest BCUT2D eigenvalue weighted by atomic mass is 35.5. The maximum Gasteiger partial charge on any atom is 0.250 e. The van der Waals surface area contributed by atoms with E-state index in [0.29, 0.717) is 16.9 Å². The zero-order valence-corrected chi connectivity index (χ0v) is 13.3. The lowest BCUT2D eigenvalue weighted by molar-refractivity contribution is 0.1000. The van der Waals surface area contributed by atoms with E-state index in [1.807, 2.05) is 24.3 Å². The molecular weight excluding hydrogens is 314 g/mol. The molecule has 0 spiro atoms. The van der Waals surface area contributed by atoms with Gasteiger partial charge in [0.05, 0.1) is 16.7 Å². The van der Waals surface area contributed by atoms with Crippen LogP contribution in [0, 0.1) is 0 Å². The van der Waals surface area contributed by atoms with Crippen molar-refractivity contribution in [2.24, 2.45) is 5.73 Å². The van der Waals surface area contributed by atoms with E-state index in [1.165, 1.54) is 25.1 Å². The summed E-state index contributed by atoms with van der Waals surface area (Å²) in [6, 6.07) is 9.17. The average molecular weight is 332 g/mol. The predicted octanol–water partition coefficient (Wildman–Crippen LogP) is 3.90. The fourth-order valence-corrected chi connectivity index (χ4v) is 2.86. The Morgan fingerprint density at radius 2 is 2.09 bits per heavy atom. The molecule has 1 aromatic carbocycles. The Hall–Kier alpha value is -2.27. The molecule has 1 amide bonds. The molecule has 0 aliphatic heterocycles. The third-order valence-electron chi connectivity index (χ3n) is 3.83. The largest absolute Gasteiger partial charge is 0.490 e. The van der Waals surface area contributed by atoms with E-state index >= 15 is 0 Å². The fraction of sp³-hybridized carbons (Fsp3) is 0.294. The van der Waals surface area contributed by atoms with Gasteiger partial charge in [0.1, 0.15) is 11.6 Å². The summed E-state index contributed by atoms with van der Waals surface area (Å²) in [4.78, 5) is 15.3. The lowest BCUT2D eigenvalue weighted by atomic mass is 10.2. The third kappa shape index (κ3) is 3.93. The van der Waals surface area contributed by atoms with Crippen molar-refractivity contribution in [1.82, 2.24) is 4.98 Å². The highest BCUT2D eigenvalue weighted by Crippen LogP contribution is 2.28. The van der Waals surface area contributed by atoms with Crippen LogP contribution in [0.2, 0.25) is 5.02 Å². The number of anilines is 2. The van der Waals surface area contributed by atoms with E-state index in [-0.39, 0.29) is 5.56 Å². The number of halogens is 1. The second-order valence-electron chi connectivity index (χ2n) is 5.60. The van der Waals surface area contributed by atoms with Crippen LogP contribution in [0.15, 0.2) is 36.5 Å². The summed E-state index contributed by atoms with van der Waals surface area (Å²) in [7, 11) is 0. The molecular formula is C17H18ClN3O2. The minimum atomic E-state index is -0.557. The fourth-order valence-electron chi connectivity index (χ4n) is 2.65. The Morgan fingerprint density at radius 1 is 1.30 bits per heavy atom. The van der Waals surface area contributed by atoms with Crippen LogP contribution in [0.4, 0.5) is 11.5 Å². The van der Waals surface area contributed by atoms with E-state index in [0.717, 1.165) is 24.3 Å². The first-order valence-electron chi connectivity index (χ1n) is 7.61. The second-order valence-corrected chi connectivity index (χ2v) is 6.00. The van der Waals surface area contributed by atoms with Crippen LogP contribution in [0.25, 0.3) is 0 Å². The van der Waals surface area contributed by atoms with Gasteiger partial charge in [-0.1, -0.05) is 17.7 Å². The van der Waals surface area contributed by atoms with Crippen molar-refractivity contribution < 1.29 is 9.53 Å². The van der Waals surface area contributed by atoms with Crippen LogP contribution in [0.3, 0.4) is 0 Å². The Bertz CT molecular complexity index is 715. The molecule has 1 saturated carbocycles. The summed E-state index contributed by atoms with van der Waals surface area (Å²) in [5, 5.41) is 3.46. The number of rotatable bonds is 5. The average Bonchev–Trinajstić information content (AvgIpc) is 3.02. The molecule has 6 heteroatoms. The lowest BCUT2D eigenvalue weighted by Crippen LogP contribution is -2.11. The lowest BCUT2D eigenvalue weighted by Gasteiger charge is -2.14. The van der Waals surface area contributed by atoms with Gasteiger partial charge in [0.15, 0.2) is 0 Å². The summed E-state index contributed by atoms with van der Waals surface area (Å²) in [6.07, 6.45) is 6.39. The molecule has 23 heavy (non-hydrogen) atoms. The van der Waals surface area contributed by atoms with Gasteiger partial charge >= 0.3 is 0 Å². The van der Waals surface area contributed by atoms with E-state index in [1.54, 1.807) is 0 Å². The van der Waals surface area contributed by atoms with Gasteiger partial charge in [0.2, 0.25) is 5.91 Å². The summed E-state index contributed by atoms with van der Waals surface area (Å²) in [5.41, 5.74) is 6.31. The number of nitrogens with one attached hydrogen (secondary N) is 1. The number of pyridine rings is 1. The molecule has 120 valence electrons. The van der Waals surface area contributed by atoms with E-state index < -0.39 is 5.91 Å². The number of carbonyl (C=O) groups is 1. The first kappa shape index (κ1) is 15.6. The van der Waals surface area contributed by atoms with Crippen LogP contribution >= 0.6 is 11.6 Å². The zero-order chi connectivity index (χ0) is 16.2. The van der Waals surface area contributed by atoms with E-state index in [2.05, 4.69) is 10.3 Å². The van der Waals surface area contributed by atoms with Crippen molar-refractivity contribution in [3.63, 3.8) is 0 Å². The number of primary amides is 1. The molecule has 0 atom stereocenters. The SMILES string of the molecule is NC(=O)c1cnc(Nc2cccc(OC3CCCC3)c2)c(Cl)c1. The highest BCUT2D eigenvalue weighted by Gasteiger charge is 2.16. The van der Waals surface area contributed by atoms with Gasteiger partial charge in [-0.2, -0.15) is 0 Å². The molecule has 0 unspecified atom stereocenters. The Kier molecular flexibility index (Phi) is 4.67. The van der Waals surface area contributed by atoms with Gasteiger partial charge in [0.25, 0.3) is 0 Å². The van der Waals surface area contributed by atoms with Gasteiger partial charge < -0.3 is 15.8 Å². The molecule has 3 N–H and O–H groups in total. The summed E-state index contributed by atoms with van der Waals surface area (Å²) < 4.78 is 5.98. The molecule has 1 aliphatic carbocycles. The van der Waals surface area contributed by atoms with Crippen molar-refractivity contribution in [2.45, 2.75) is 31.8 Å². The van der Waals surface area contributed by atoms with Crippen LogP contribution in [-0.2, 0) is 0 Å². The van der Waals surface area contributed by atoms with Gasteiger partial charge in [-0.05, 0) is 43.9 Å². The minimum absolute atomic E-state index is 0.277. The minimum Gasteiger partial charge on any atom is -0.490 e. The Morgan fingerprint density at radius 3 is 2.78 bits per heavy atom. The van der Waals surface area contributed by atoms with E-state index in [4.69, 9.17) is 22.1 Å². The van der Waals surface area contributed by atoms with Crippen LogP contribution in [0.1, 0.15) is 36.0 Å². The summed E-state index contributed by atoms with van der Waals surface area (Å²) in [5.74, 6) is 0.736. The quantitative estimate of drug-likeness (QED) is 0.871. The monoisotopic (exact) mass is 331 g/mol. The number of nitrogens with two attached hydrogens (primary N) is 1. The van der Waals surface area contributed by atoms with Crippen molar-refractivity contribution in [3.05, 3.63) is 47.1 Å².